The van der Waals surface area contributed by atoms with Gasteiger partial charge in [0.2, 0.25) is 0 Å². The molecule has 0 aliphatic rings. The van der Waals surface area contributed by atoms with Gasteiger partial charge in [0.05, 0.1) is 0 Å². The maximum Gasteiger partial charge on any atom is 0.191 e. The first kappa shape index (κ1) is 11.0. The predicted molar refractivity (Wildman–Crippen MR) is 70.6 cm³/mol. The predicted octanol–water partition coefficient (Wildman–Crippen LogP) is 2.12. The van der Waals surface area contributed by atoms with E-state index in [4.69, 9.17) is 0 Å². The van der Waals surface area contributed by atoms with E-state index in [1.54, 1.807) is 18.6 Å². The van der Waals surface area contributed by atoms with Crippen molar-refractivity contribution in [2.45, 2.75) is 6.92 Å². The summed E-state index contributed by atoms with van der Waals surface area (Å²) in [7, 11) is 0. The molecule has 0 saturated heterocycles. The molecule has 7 heteroatoms. The third-order valence-electron chi connectivity index (χ3n) is 3.19. The topological polar surface area (TPSA) is 71.8 Å². The van der Waals surface area contributed by atoms with Gasteiger partial charge in [0.25, 0.3) is 0 Å². The first-order valence-corrected chi connectivity index (χ1v) is 6.02. The zero-order valence-corrected chi connectivity index (χ0v) is 10.5. The van der Waals surface area contributed by atoms with Gasteiger partial charge in [-0.2, -0.15) is 5.10 Å². The van der Waals surface area contributed by atoms with Crippen molar-refractivity contribution >= 4 is 16.7 Å². The van der Waals surface area contributed by atoms with E-state index in [0.717, 1.165) is 16.6 Å². The van der Waals surface area contributed by atoms with Crippen LogP contribution in [0.5, 0.6) is 0 Å². The number of aryl methyl sites for hydroxylation is 1. The van der Waals surface area contributed by atoms with Crippen molar-refractivity contribution in [2.24, 2.45) is 0 Å². The molecule has 20 heavy (non-hydrogen) atoms. The molecule has 0 aromatic carbocycles. The molecule has 0 unspecified atom stereocenters. The second kappa shape index (κ2) is 3.83. The average molecular weight is 268 g/mol. The lowest BCUT2D eigenvalue weighted by atomic mass is 10.1. The van der Waals surface area contributed by atoms with Crippen LogP contribution in [0, 0.1) is 12.7 Å². The van der Waals surface area contributed by atoms with E-state index in [9.17, 15) is 4.39 Å². The normalized spacial score (nSPS) is 11.5. The fraction of sp³-hybridized carbons (Fsp3) is 0.0769. The van der Waals surface area contributed by atoms with Crippen molar-refractivity contribution < 1.29 is 4.39 Å². The number of H-pyrrole nitrogens is 1. The van der Waals surface area contributed by atoms with Crippen molar-refractivity contribution in [2.75, 3.05) is 0 Å². The van der Waals surface area contributed by atoms with E-state index in [1.165, 1.54) is 16.9 Å². The Bertz CT molecular complexity index is 938. The lowest BCUT2D eigenvalue weighted by Crippen LogP contribution is -1.93. The Morgan fingerprint density at radius 3 is 3.10 bits per heavy atom. The number of hydrogen-bond donors (Lipinski definition) is 1. The molecule has 0 aliphatic heterocycles. The second-order valence-corrected chi connectivity index (χ2v) is 4.49. The first-order chi connectivity index (χ1) is 9.72. The molecular formula is C13H9FN6. The van der Waals surface area contributed by atoms with Crippen LogP contribution in [0.1, 0.15) is 5.82 Å². The minimum Gasteiger partial charge on any atom is -0.345 e. The van der Waals surface area contributed by atoms with Crippen molar-refractivity contribution in [3.05, 3.63) is 42.6 Å². The van der Waals surface area contributed by atoms with Gasteiger partial charge in [-0.3, -0.25) is 0 Å². The molecule has 0 amide bonds. The third kappa shape index (κ3) is 1.49. The summed E-state index contributed by atoms with van der Waals surface area (Å²) in [4.78, 5) is 15.4. The number of nitrogens with zero attached hydrogens (tertiary/aromatic N) is 5. The summed E-state index contributed by atoms with van der Waals surface area (Å²) in [5, 5.41) is 4.81. The molecule has 1 N–H and O–H groups in total. The molecule has 4 aromatic heterocycles. The number of aromatic nitrogens is 6. The van der Waals surface area contributed by atoms with Gasteiger partial charge >= 0.3 is 0 Å². The van der Waals surface area contributed by atoms with Gasteiger partial charge < -0.3 is 4.98 Å². The van der Waals surface area contributed by atoms with E-state index in [0.29, 0.717) is 11.4 Å². The molecule has 4 aromatic rings. The van der Waals surface area contributed by atoms with Crippen molar-refractivity contribution in [3.8, 4) is 11.1 Å². The van der Waals surface area contributed by atoms with Crippen LogP contribution in [0.2, 0.25) is 0 Å². The highest BCUT2D eigenvalue weighted by Gasteiger charge is 2.12. The van der Waals surface area contributed by atoms with Crippen LogP contribution in [0.4, 0.5) is 4.39 Å². The Balaban J connectivity index is 2.00. The number of nitrogens with one attached hydrogen (secondary N) is 1. The van der Waals surface area contributed by atoms with Gasteiger partial charge in [-0.1, -0.05) is 0 Å². The molecule has 98 valence electrons. The summed E-state index contributed by atoms with van der Waals surface area (Å²) in [6.45, 7) is 1.82. The van der Waals surface area contributed by atoms with E-state index < -0.39 is 5.82 Å². The fourth-order valence-corrected chi connectivity index (χ4v) is 2.27. The minimum absolute atomic E-state index is 0.209. The highest BCUT2D eigenvalue weighted by atomic mass is 19.1. The zero-order chi connectivity index (χ0) is 13.7. The lowest BCUT2D eigenvalue weighted by molar-refractivity contribution is 0.628. The quantitative estimate of drug-likeness (QED) is 0.574. The van der Waals surface area contributed by atoms with Crippen molar-refractivity contribution in [3.63, 3.8) is 0 Å². The molecule has 0 radical (unpaired) electrons. The SMILES string of the molecule is Cc1ncc2c(-c3cc(F)c4ncnn4c3)c[nH]c2n1. The Morgan fingerprint density at radius 1 is 1.30 bits per heavy atom. The summed E-state index contributed by atoms with van der Waals surface area (Å²) >= 11 is 0. The number of fused-ring (bicyclic) bond motifs is 2. The molecule has 0 spiro atoms. The molecule has 4 rings (SSSR count). The maximum atomic E-state index is 14.0. The number of hydrogen-bond acceptors (Lipinski definition) is 4. The second-order valence-electron chi connectivity index (χ2n) is 4.49. The van der Waals surface area contributed by atoms with Gasteiger partial charge in [-0.25, -0.2) is 23.9 Å². The van der Waals surface area contributed by atoms with E-state index >= 15 is 0 Å². The third-order valence-corrected chi connectivity index (χ3v) is 3.19. The first-order valence-electron chi connectivity index (χ1n) is 6.02. The Kier molecular flexibility index (Phi) is 2.11. The van der Waals surface area contributed by atoms with Crippen LogP contribution >= 0.6 is 0 Å². The van der Waals surface area contributed by atoms with Gasteiger partial charge in [-0.05, 0) is 13.0 Å². The fourth-order valence-electron chi connectivity index (χ4n) is 2.27. The average Bonchev–Trinajstić information content (AvgIpc) is 3.03. The van der Waals surface area contributed by atoms with Crippen LogP contribution in [0.15, 0.2) is 31.0 Å². The minimum atomic E-state index is -0.414. The zero-order valence-electron chi connectivity index (χ0n) is 10.5. The molecule has 0 saturated carbocycles. The summed E-state index contributed by atoms with van der Waals surface area (Å²) in [6.07, 6.45) is 6.57. The Morgan fingerprint density at radius 2 is 2.20 bits per heavy atom. The van der Waals surface area contributed by atoms with Crippen LogP contribution in [-0.2, 0) is 0 Å². The molecular weight excluding hydrogens is 259 g/mol. The molecule has 0 fully saturated rings. The van der Waals surface area contributed by atoms with Crippen molar-refractivity contribution in [1.82, 2.24) is 29.5 Å². The molecule has 0 bridgehead atoms. The number of aromatic amines is 1. The highest BCUT2D eigenvalue weighted by molar-refractivity contribution is 5.93. The molecule has 6 nitrogen and oxygen atoms in total. The standard InChI is InChI=1S/C13H9FN6/c1-7-15-4-10-9(3-16-12(10)19-7)8-2-11(14)13-17-6-18-20(13)5-8/h2-6H,1H3,(H,15,16,19). The monoisotopic (exact) mass is 268 g/mol. The number of halogens is 1. The largest absolute Gasteiger partial charge is 0.345 e. The molecule has 4 heterocycles. The van der Waals surface area contributed by atoms with Crippen molar-refractivity contribution in [1.29, 1.82) is 0 Å². The maximum absolute atomic E-state index is 14.0. The Labute approximate surface area is 112 Å². The van der Waals surface area contributed by atoms with Gasteiger partial charge in [0.15, 0.2) is 11.5 Å². The number of rotatable bonds is 1. The van der Waals surface area contributed by atoms with E-state index in [-0.39, 0.29) is 5.65 Å². The highest BCUT2D eigenvalue weighted by Crippen LogP contribution is 2.28. The Hall–Kier alpha value is -2.83. The summed E-state index contributed by atoms with van der Waals surface area (Å²) < 4.78 is 15.4. The van der Waals surface area contributed by atoms with Gasteiger partial charge in [-0.15, -0.1) is 0 Å². The van der Waals surface area contributed by atoms with Crippen LogP contribution in [-0.4, -0.2) is 29.5 Å². The molecule has 0 atom stereocenters. The van der Waals surface area contributed by atoms with Crippen LogP contribution in [0.25, 0.3) is 27.8 Å². The van der Waals surface area contributed by atoms with Crippen LogP contribution < -0.4 is 0 Å². The van der Waals surface area contributed by atoms with Crippen LogP contribution in [0.3, 0.4) is 0 Å². The summed E-state index contributed by atoms with van der Waals surface area (Å²) in [5.74, 6) is 0.270. The van der Waals surface area contributed by atoms with E-state index in [2.05, 4.69) is 25.0 Å². The lowest BCUT2D eigenvalue weighted by Gasteiger charge is -2.01. The molecule has 0 aliphatic carbocycles. The smallest absolute Gasteiger partial charge is 0.191 e. The van der Waals surface area contributed by atoms with Gasteiger partial charge in [0, 0.05) is 35.1 Å². The summed E-state index contributed by atoms with van der Waals surface area (Å²) in [6, 6.07) is 1.44. The van der Waals surface area contributed by atoms with E-state index in [1.807, 2.05) is 6.92 Å². The summed E-state index contributed by atoms with van der Waals surface area (Å²) in [5.41, 5.74) is 2.46. The number of pyridine rings is 1. The van der Waals surface area contributed by atoms with Gasteiger partial charge in [0.1, 0.15) is 17.8 Å².